The first-order chi connectivity index (χ1) is 7.05. The Morgan fingerprint density at radius 3 is 1.38 bits per heavy atom. The summed E-state index contributed by atoms with van der Waals surface area (Å²) in [5.41, 5.74) is 7.34. The van der Waals surface area contributed by atoms with Crippen LogP contribution in [0.2, 0.25) is 0 Å². The molecule has 2 aromatic carbocycles. The fourth-order valence-electron chi connectivity index (χ4n) is 1.73. The van der Waals surface area contributed by atoms with Crippen molar-refractivity contribution in [3.63, 3.8) is 0 Å². The van der Waals surface area contributed by atoms with Crippen molar-refractivity contribution in [2.75, 3.05) is 0 Å². The van der Waals surface area contributed by atoms with E-state index in [0.717, 1.165) is 0 Å². The van der Waals surface area contributed by atoms with E-state index in [1.54, 1.807) is 0 Å². The SMILES string of the molecule is Cc1c(C)c(C)[c-](C)c1C.[Fe+2].c1cc[cH-]c1. The second-order valence-corrected chi connectivity index (χ2v) is 4.09. The summed E-state index contributed by atoms with van der Waals surface area (Å²) >= 11 is 0. The van der Waals surface area contributed by atoms with Crippen LogP contribution in [0.1, 0.15) is 27.8 Å². The van der Waals surface area contributed by atoms with Crippen molar-refractivity contribution in [2.24, 2.45) is 0 Å². The molecule has 0 nitrogen and oxygen atoms in total. The van der Waals surface area contributed by atoms with Gasteiger partial charge in [-0.25, -0.2) is 12.1 Å². The molecule has 0 aliphatic heterocycles. The van der Waals surface area contributed by atoms with E-state index in [4.69, 9.17) is 0 Å². The van der Waals surface area contributed by atoms with Crippen LogP contribution in [-0.2, 0) is 17.1 Å². The fourth-order valence-corrected chi connectivity index (χ4v) is 1.73. The van der Waals surface area contributed by atoms with E-state index < -0.39 is 0 Å². The van der Waals surface area contributed by atoms with Gasteiger partial charge in [-0.05, 0) is 0 Å². The summed E-state index contributed by atoms with van der Waals surface area (Å²) < 4.78 is 0. The predicted molar refractivity (Wildman–Crippen MR) is 67.8 cm³/mol. The van der Waals surface area contributed by atoms with E-state index in [0.29, 0.717) is 0 Å². The third-order valence-electron chi connectivity index (χ3n) is 3.37. The standard InChI is InChI=1S/C10H15.C5H5.Fe/c1-6-7(2)9(4)10(5)8(6)3;1-2-4-5-3-1;/h1-5H3;1-5H;/q2*-1;+2. The monoisotopic (exact) mass is 256 g/mol. The summed E-state index contributed by atoms with van der Waals surface area (Å²) in [4.78, 5) is 0. The maximum absolute atomic E-state index is 2.20. The molecule has 0 fully saturated rings. The summed E-state index contributed by atoms with van der Waals surface area (Å²) in [5, 5.41) is 0. The Kier molecular flexibility index (Phi) is 6.40. The van der Waals surface area contributed by atoms with Crippen molar-refractivity contribution in [3.8, 4) is 0 Å². The van der Waals surface area contributed by atoms with Crippen LogP contribution < -0.4 is 0 Å². The largest absolute Gasteiger partial charge is 2.00 e. The van der Waals surface area contributed by atoms with Crippen LogP contribution in [0.25, 0.3) is 0 Å². The third kappa shape index (κ3) is 3.37. The zero-order valence-electron chi connectivity index (χ0n) is 10.7. The van der Waals surface area contributed by atoms with Crippen LogP contribution >= 0.6 is 0 Å². The van der Waals surface area contributed by atoms with Gasteiger partial charge in [0.1, 0.15) is 0 Å². The first-order valence-electron chi connectivity index (χ1n) is 5.42. The molecule has 0 heterocycles. The van der Waals surface area contributed by atoms with Crippen molar-refractivity contribution in [2.45, 2.75) is 34.6 Å². The van der Waals surface area contributed by atoms with Gasteiger partial charge in [0.05, 0.1) is 0 Å². The molecule has 0 amide bonds. The van der Waals surface area contributed by atoms with E-state index in [-0.39, 0.29) is 17.1 Å². The third-order valence-corrected chi connectivity index (χ3v) is 3.37. The first kappa shape index (κ1) is 15.2. The summed E-state index contributed by atoms with van der Waals surface area (Å²) in [5.74, 6) is 0. The summed E-state index contributed by atoms with van der Waals surface area (Å²) in [7, 11) is 0. The van der Waals surface area contributed by atoms with Gasteiger partial charge in [-0.15, -0.1) is 0 Å². The molecular formula is C15H20Fe. The Bertz CT molecular complexity index is 308. The number of hydrogen-bond donors (Lipinski definition) is 0. The zero-order chi connectivity index (χ0) is 11.4. The van der Waals surface area contributed by atoms with Gasteiger partial charge in [-0.3, -0.25) is 0 Å². The molecule has 0 unspecified atom stereocenters. The van der Waals surface area contributed by atoms with E-state index in [2.05, 4.69) is 34.6 Å². The van der Waals surface area contributed by atoms with Crippen molar-refractivity contribution >= 4 is 0 Å². The Hall–Kier alpha value is -0.781. The molecule has 0 saturated carbocycles. The molecular weight excluding hydrogens is 236 g/mol. The van der Waals surface area contributed by atoms with Crippen LogP contribution in [0.5, 0.6) is 0 Å². The second-order valence-electron chi connectivity index (χ2n) is 4.09. The maximum atomic E-state index is 2.20. The Morgan fingerprint density at radius 2 is 1.25 bits per heavy atom. The molecule has 0 N–H and O–H groups in total. The van der Waals surface area contributed by atoms with E-state index in [1.165, 1.54) is 27.8 Å². The average Bonchev–Trinajstić information content (AvgIpc) is 2.86. The molecule has 0 radical (unpaired) electrons. The minimum absolute atomic E-state index is 0. The van der Waals surface area contributed by atoms with Crippen molar-refractivity contribution in [1.82, 2.24) is 0 Å². The van der Waals surface area contributed by atoms with Crippen LogP contribution in [0.3, 0.4) is 0 Å². The summed E-state index contributed by atoms with van der Waals surface area (Å²) in [6.45, 7) is 11.0. The minimum Gasteiger partial charge on any atom is -0.214 e. The second kappa shape index (κ2) is 6.73. The first-order valence-corrected chi connectivity index (χ1v) is 5.42. The van der Waals surface area contributed by atoms with Gasteiger partial charge in [0.25, 0.3) is 0 Å². The molecule has 0 aliphatic rings. The number of rotatable bonds is 0. The van der Waals surface area contributed by atoms with Crippen molar-refractivity contribution in [3.05, 3.63) is 58.1 Å². The van der Waals surface area contributed by atoms with E-state index >= 15 is 0 Å². The summed E-state index contributed by atoms with van der Waals surface area (Å²) in [6, 6.07) is 10.0. The zero-order valence-corrected chi connectivity index (χ0v) is 11.8. The maximum Gasteiger partial charge on any atom is 2.00 e. The Morgan fingerprint density at radius 1 is 0.875 bits per heavy atom. The van der Waals surface area contributed by atoms with E-state index in [1.807, 2.05) is 30.3 Å². The van der Waals surface area contributed by atoms with Crippen molar-refractivity contribution < 1.29 is 17.1 Å². The molecule has 0 atom stereocenters. The molecule has 2 rings (SSSR count). The quantitative estimate of drug-likeness (QED) is 0.485. The fraction of sp³-hybridized carbons (Fsp3) is 0.333. The molecule has 16 heavy (non-hydrogen) atoms. The van der Waals surface area contributed by atoms with E-state index in [9.17, 15) is 0 Å². The van der Waals surface area contributed by atoms with Crippen LogP contribution in [0, 0.1) is 34.6 Å². The van der Waals surface area contributed by atoms with Gasteiger partial charge in [0.2, 0.25) is 0 Å². The Balaban J connectivity index is 0.000000318. The molecule has 2 aromatic rings. The molecule has 1 heteroatoms. The van der Waals surface area contributed by atoms with Crippen LogP contribution in [0.4, 0.5) is 0 Å². The van der Waals surface area contributed by atoms with Crippen LogP contribution in [0.15, 0.2) is 30.3 Å². The van der Waals surface area contributed by atoms with Gasteiger partial charge in [0.15, 0.2) is 0 Å². The molecule has 88 valence electrons. The molecule has 0 aromatic heterocycles. The van der Waals surface area contributed by atoms with Gasteiger partial charge in [-0.1, -0.05) is 34.6 Å². The molecule has 0 aliphatic carbocycles. The molecule has 0 bridgehead atoms. The van der Waals surface area contributed by atoms with Crippen molar-refractivity contribution in [1.29, 1.82) is 0 Å². The number of hydrogen-bond acceptors (Lipinski definition) is 0. The van der Waals surface area contributed by atoms with Gasteiger partial charge >= 0.3 is 17.1 Å². The smallest absolute Gasteiger partial charge is 0.214 e. The van der Waals surface area contributed by atoms with Crippen LogP contribution in [-0.4, -0.2) is 0 Å². The topological polar surface area (TPSA) is 0 Å². The van der Waals surface area contributed by atoms with Gasteiger partial charge in [0, 0.05) is 0 Å². The summed E-state index contributed by atoms with van der Waals surface area (Å²) in [6.07, 6.45) is 0. The predicted octanol–water partition coefficient (Wildman–Crippen LogP) is 4.35. The minimum atomic E-state index is 0. The molecule has 0 saturated heterocycles. The Labute approximate surface area is 110 Å². The average molecular weight is 256 g/mol. The molecule has 0 spiro atoms. The van der Waals surface area contributed by atoms with Gasteiger partial charge in [-0.2, -0.15) is 46.0 Å². The normalized spacial score (nSPS) is 9.06. The van der Waals surface area contributed by atoms with Gasteiger partial charge < -0.3 is 0 Å².